The maximum absolute atomic E-state index is 12.9. The van der Waals surface area contributed by atoms with Crippen LogP contribution in [0.1, 0.15) is 50.2 Å². The van der Waals surface area contributed by atoms with Gasteiger partial charge in [-0.25, -0.2) is 4.98 Å². The molecule has 5 nitrogen and oxygen atoms in total. The highest BCUT2D eigenvalue weighted by Crippen LogP contribution is 2.43. The topological polar surface area (TPSA) is 74.8 Å². The number of anilines is 1. The first-order valence-corrected chi connectivity index (χ1v) is 9.81. The summed E-state index contributed by atoms with van der Waals surface area (Å²) in [5.74, 6) is 0.349. The van der Waals surface area contributed by atoms with Gasteiger partial charge in [-0.3, -0.25) is 9.59 Å². The molecular formula is C20H21N3O2S. The van der Waals surface area contributed by atoms with Crippen LogP contribution < -0.4 is 10.9 Å². The molecule has 2 N–H and O–H groups in total. The average Bonchev–Trinajstić information content (AvgIpc) is 2.60. The Hall–Kier alpha value is -2.34. The van der Waals surface area contributed by atoms with Gasteiger partial charge in [0.1, 0.15) is 5.82 Å². The van der Waals surface area contributed by atoms with Crippen molar-refractivity contribution in [3.8, 4) is 0 Å². The molecule has 2 aromatic rings. The third kappa shape index (κ3) is 2.98. The molecule has 0 amide bonds. The molecule has 0 fully saturated rings. The van der Waals surface area contributed by atoms with Crippen LogP contribution in [0.2, 0.25) is 0 Å². The summed E-state index contributed by atoms with van der Waals surface area (Å²) in [5, 5.41) is 4.22. The second-order valence-corrected chi connectivity index (χ2v) is 8.50. The number of H-pyrrole nitrogens is 1. The molecule has 6 heteroatoms. The molecular weight excluding hydrogens is 346 g/mol. The fraction of sp³-hybridized carbons (Fsp3) is 0.350. The molecule has 26 heavy (non-hydrogen) atoms. The second kappa shape index (κ2) is 6.76. The Morgan fingerprint density at radius 3 is 2.65 bits per heavy atom. The second-order valence-electron chi connectivity index (χ2n) is 6.94. The van der Waals surface area contributed by atoms with Crippen molar-refractivity contribution in [2.24, 2.45) is 0 Å². The smallest absolute Gasteiger partial charge is 0.257 e. The quantitative estimate of drug-likeness (QED) is 0.637. The highest BCUT2D eigenvalue weighted by atomic mass is 32.2. The minimum atomic E-state index is -0.357. The van der Waals surface area contributed by atoms with Gasteiger partial charge in [0.15, 0.2) is 10.9 Å². The lowest BCUT2D eigenvalue weighted by Crippen LogP contribution is -2.32. The first kappa shape index (κ1) is 17.1. The number of allylic oxidation sites excluding steroid dienone is 2. The molecule has 1 unspecified atom stereocenters. The number of benzene rings is 1. The maximum atomic E-state index is 12.9. The Balaban J connectivity index is 1.92. The standard InChI is InChI=1S/C20H21N3O2S/c1-11(2)26-20-22-18-17(19(25)23-20)15(12-7-4-3-5-8-12)16-13(21-18)9-6-10-14(16)24/h3-5,7-8,11,15H,6,9-10H2,1-2H3,(H2,21,22,23,25). The van der Waals surface area contributed by atoms with Crippen LogP contribution in [0.5, 0.6) is 0 Å². The number of nitrogens with one attached hydrogen (secondary N) is 2. The van der Waals surface area contributed by atoms with Gasteiger partial charge in [-0.15, -0.1) is 0 Å². The van der Waals surface area contributed by atoms with Crippen LogP contribution in [0.15, 0.2) is 51.6 Å². The number of Topliss-reactive ketones (excluding diaryl/α,β-unsaturated/α-hetero) is 1. The summed E-state index contributed by atoms with van der Waals surface area (Å²) in [4.78, 5) is 33.2. The summed E-state index contributed by atoms with van der Waals surface area (Å²) in [5.41, 5.74) is 2.96. The summed E-state index contributed by atoms with van der Waals surface area (Å²) in [6.07, 6.45) is 2.18. The van der Waals surface area contributed by atoms with E-state index in [-0.39, 0.29) is 17.3 Å². The van der Waals surface area contributed by atoms with Crippen molar-refractivity contribution >= 4 is 23.4 Å². The number of rotatable bonds is 3. The molecule has 4 rings (SSSR count). The number of hydrogen-bond acceptors (Lipinski definition) is 5. The summed E-state index contributed by atoms with van der Waals surface area (Å²) in [6, 6.07) is 9.77. The zero-order valence-electron chi connectivity index (χ0n) is 14.8. The van der Waals surface area contributed by atoms with E-state index in [1.165, 1.54) is 11.8 Å². The molecule has 0 bridgehead atoms. The average molecular weight is 367 g/mol. The molecule has 1 aliphatic carbocycles. The number of fused-ring (bicyclic) bond motifs is 1. The predicted octanol–water partition coefficient (Wildman–Crippen LogP) is 3.83. The fourth-order valence-corrected chi connectivity index (χ4v) is 4.44. The van der Waals surface area contributed by atoms with E-state index in [1.54, 1.807) is 0 Å². The van der Waals surface area contributed by atoms with Gasteiger partial charge in [-0.2, -0.15) is 0 Å². The number of ketones is 1. The summed E-state index contributed by atoms with van der Waals surface area (Å²) >= 11 is 1.52. The van der Waals surface area contributed by atoms with E-state index >= 15 is 0 Å². The Morgan fingerprint density at radius 1 is 1.15 bits per heavy atom. The van der Waals surface area contributed by atoms with Crippen molar-refractivity contribution in [2.75, 3.05) is 5.32 Å². The fourth-order valence-electron chi connectivity index (χ4n) is 3.70. The number of carbonyl (C=O) groups excluding carboxylic acids is 1. The Labute approximate surface area is 156 Å². The van der Waals surface area contributed by atoms with E-state index in [1.807, 2.05) is 30.3 Å². The Kier molecular flexibility index (Phi) is 4.44. The van der Waals surface area contributed by atoms with Crippen molar-refractivity contribution in [3.05, 3.63) is 63.1 Å². The Bertz CT molecular complexity index is 947. The zero-order chi connectivity index (χ0) is 18.3. The van der Waals surface area contributed by atoms with Crippen molar-refractivity contribution in [3.63, 3.8) is 0 Å². The van der Waals surface area contributed by atoms with Gasteiger partial charge in [0.25, 0.3) is 5.56 Å². The van der Waals surface area contributed by atoms with Crippen LogP contribution in [0.3, 0.4) is 0 Å². The molecule has 1 atom stereocenters. The summed E-state index contributed by atoms with van der Waals surface area (Å²) in [6.45, 7) is 4.12. The van der Waals surface area contributed by atoms with Gasteiger partial charge in [0, 0.05) is 28.9 Å². The van der Waals surface area contributed by atoms with Gasteiger partial charge in [-0.1, -0.05) is 55.9 Å². The van der Waals surface area contributed by atoms with Crippen molar-refractivity contribution in [2.45, 2.75) is 49.4 Å². The largest absolute Gasteiger partial charge is 0.343 e. The number of thioether (sulfide) groups is 1. The number of aromatic amines is 1. The van der Waals surface area contributed by atoms with Crippen LogP contribution in [0.25, 0.3) is 0 Å². The van der Waals surface area contributed by atoms with Crippen LogP contribution >= 0.6 is 11.8 Å². The van der Waals surface area contributed by atoms with Crippen molar-refractivity contribution in [1.29, 1.82) is 0 Å². The summed E-state index contributed by atoms with van der Waals surface area (Å²) < 4.78 is 0. The number of hydrogen-bond donors (Lipinski definition) is 2. The lowest BCUT2D eigenvalue weighted by atomic mass is 9.76. The van der Waals surface area contributed by atoms with Crippen molar-refractivity contribution in [1.82, 2.24) is 9.97 Å². The van der Waals surface area contributed by atoms with Crippen molar-refractivity contribution < 1.29 is 4.79 Å². The molecule has 134 valence electrons. The van der Waals surface area contributed by atoms with Gasteiger partial charge in [0.2, 0.25) is 0 Å². The van der Waals surface area contributed by atoms with E-state index < -0.39 is 0 Å². The highest BCUT2D eigenvalue weighted by molar-refractivity contribution is 7.99. The molecule has 0 spiro atoms. The van der Waals surface area contributed by atoms with E-state index in [9.17, 15) is 9.59 Å². The van der Waals surface area contributed by atoms with Gasteiger partial charge < -0.3 is 10.3 Å². The molecule has 0 radical (unpaired) electrons. The molecule has 0 saturated carbocycles. The lowest BCUT2D eigenvalue weighted by Gasteiger charge is -2.32. The van der Waals surface area contributed by atoms with E-state index in [0.717, 1.165) is 29.7 Å². The third-order valence-electron chi connectivity index (χ3n) is 4.72. The lowest BCUT2D eigenvalue weighted by molar-refractivity contribution is -0.116. The maximum Gasteiger partial charge on any atom is 0.257 e. The number of aromatic nitrogens is 2. The number of carbonyl (C=O) groups is 1. The van der Waals surface area contributed by atoms with E-state index in [0.29, 0.717) is 28.2 Å². The van der Waals surface area contributed by atoms with Crippen LogP contribution in [0.4, 0.5) is 5.82 Å². The molecule has 1 aromatic heterocycles. The molecule has 0 saturated heterocycles. The monoisotopic (exact) mass is 367 g/mol. The minimum Gasteiger partial charge on any atom is -0.343 e. The first-order valence-electron chi connectivity index (χ1n) is 8.93. The molecule has 2 heterocycles. The van der Waals surface area contributed by atoms with Crippen LogP contribution in [-0.4, -0.2) is 21.0 Å². The van der Waals surface area contributed by atoms with Gasteiger partial charge in [0.05, 0.1) is 5.56 Å². The van der Waals surface area contributed by atoms with Crippen LogP contribution in [0, 0.1) is 0 Å². The normalized spacial score (nSPS) is 19.2. The van der Waals surface area contributed by atoms with E-state index in [2.05, 4.69) is 29.1 Å². The molecule has 2 aliphatic rings. The first-order chi connectivity index (χ1) is 12.5. The minimum absolute atomic E-state index is 0.123. The predicted molar refractivity (Wildman–Crippen MR) is 104 cm³/mol. The highest BCUT2D eigenvalue weighted by Gasteiger charge is 2.37. The van der Waals surface area contributed by atoms with Gasteiger partial charge >= 0.3 is 0 Å². The Morgan fingerprint density at radius 2 is 1.92 bits per heavy atom. The zero-order valence-corrected chi connectivity index (χ0v) is 15.7. The number of nitrogens with zero attached hydrogens (tertiary/aromatic N) is 1. The third-order valence-corrected chi connectivity index (χ3v) is 5.60. The summed E-state index contributed by atoms with van der Waals surface area (Å²) in [7, 11) is 0. The molecule has 1 aromatic carbocycles. The van der Waals surface area contributed by atoms with Gasteiger partial charge in [-0.05, 0) is 18.4 Å². The SMILES string of the molecule is CC(C)Sc1nc2c(c(=O)[nH]1)C(c1ccccc1)C1=C(CCCC1=O)N2. The molecule has 1 aliphatic heterocycles. The van der Waals surface area contributed by atoms with Crippen LogP contribution in [-0.2, 0) is 4.79 Å². The van der Waals surface area contributed by atoms with E-state index in [4.69, 9.17) is 0 Å².